The Morgan fingerprint density at radius 2 is 1.85 bits per heavy atom. The summed E-state index contributed by atoms with van der Waals surface area (Å²) < 4.78 is 0.955. The summed E-state index contributed by atoms with van der Waals surface area (Å²) in [7, 11) is 0. The fraction of sp³-hybridized carbons (Fsp3) is 0.0526. The molecule has 0 saturated carbocycles. The molecule has 2 heterocycles. The third-order valence-electron chi connectivity index (χ3n) is 3.88. The minimum Gasteiger partial charge on any atom is -0.282 e. The van der Waals surface area contributed by atoms with Crippen LogP contribution in [-0.2, 0) is 11.2 Å². The molecule has 0 aliphatic carbocycles. The maximum atomic E-state index is 12.4. The number of amides is 1. The van der Waals surface area contributed by atoms with E-state index in [1.807, 2.05) is 54.6 Å². The standard InChI is InChI=1S/C19H13BrN4OS/c20-14-8-6-13(7-9-14)10-15-17(21)24-19(22-18(15)25)26-16(23-24)11-12-4-2-1-3-5-12/h1-10,21H,11H2/b15-10-,21-17?. The second-order valence-corrected chi connectivity index (χ2v) is 7.68. The molecule has 128 valence electrons. The molecule has 2 aromatic rings. The summed E-state index contributed by atoms with van der Waals surface area (Å²) in [5.74, 6) is -0.355. The highest BCUT2D eigenvalue weighted by Gasteiger charge is 2.35. The first-order valence-corrected chi connectivity index (χ1v) is 9.50. The molecule has 26 heavy (non-hydrogen) atoms. The van der Waals surface area contributed by atoms with E-state index in [1.165, 1.54) is 16.8 Å². The lowest BCUT2D eigenvalue weighted by molar-refractivity contribution is -0.114. The van der Waals surface area contributed by atoms with Gasteiger partial charge in [0.1, 0.15) is 5.04 Å². The van der Waals surface area contributed by atoms with Crippen LogP contribution in [0.1, 0.15) is 11.1 Å². The molecule has 0 fully saturated rings. The Labute approximate surface area is 163 Å². The van der Waals surface area contributed by atoms with E-state index in [0.717, 1.165) is 20.6 Å². The predicted molar refractivity (Wildman–Crippen MR) is 109 cm³/mol. The van der Waals surface area contributed by atoms with Crippen molar-refractivity contribution in [1.29, 1.82) is 5.41 Å². The molecule has 1 N–H and O–H groups in total. The second-order valence-electron chi connectivity index (χ2n) is 5.73. The number of halogens is 1. The smallest absolute Gasteiger partial charge is 0.282 e. The monoisotopic (exact) mass is 424 g/mol. The first-order valence-electron chi connectivity index (χ1n) is 7.89. The fourth-order valence-corrected chi connectivity index (χ4v) is 3.78. The van der Waals surface area contributed by atoms with Crippen LogP contribution in [0, 0.1) is 5.41 Å². The number of nitrogens with one attached hydrogen (secondary N) is 1. The number of hydrogen-bond donors (Lipinski definition) is 1. The normalized spacial score (nSPS) is 18.0. The van der Waals surface area contributed by atoms with Gasteiger partial charge in [0, 0.05) is 10.9 Å². The topological polar surface area (TPSA) is 68.9 Å². The number of aliphatic imine (C=N–C) groups is 1. The molecule has 0 spiro atoms. The number of benzene rings is 2. The Morgan fingerprint density at radius 1 is 1.12 bits per heavy atom. The van der Waals surface area contributed by atoms with Crippen LogP contribution in [0.5, 0.6) is 0 Å². The van der Waals surface area contributed by atoms with Crippen LogP contribution in [0.15, 0.2) is 74.7 Å². The summed E-state index contributed by atoms with van der Waals surface area (Å²) >= 11 is 4.72. The Balaban J connectivity index is 1.61. The lowest BCUT2D eigenvalue weighted by Crippen LogP contribution is -2.35. The number of thioether (sulfide) groups is 1. The van der Waals surface area contributed by atoms with Crippen molar-refractivity contribution in [2.24, 2.45) is 10.1 Å². The molecule has 2 aliphatic heterocycles. The number of carbonyl (C=O) groups excluding carboxylic acids is 1. The third kappa shape index (κ3) is 3.40. The molecule has 0 aromatic heterocycles. The minimum absolute atomic E-state index is 0.0541. The van der Waals surface area contributed by atoms with Gasteiger partial charge in [0.25, 0.3) is 5.91 Å². The van der Waals surface area contributed by atoms with E-state index in [4.69, 9.17) is 5.41 Å². The van der Waals surface area contributed by atoms with Crippen LogP contribution in [0.25, 0.3) is 6.08 Å². The van der Waals surface area contributed by atoms with Gasteiger partial charge in [-0.1, -0.05) is 58.4 Å². The van der Waals surface area contributed by atoms with Crippen LogP contribution in [-0.4, -0.2) is 27.0 Å². The van der Waals surface area contributed by atoms with Gasteiger partial charge < -0.3 is 0 Å². The van der Waals surface area contributed by atoms with Crippen molar-refractivity contribution in [3.8, 4) is 0 Å². The largest absolute Gasteiger partial charge is 0.283 e. The molecule has 4 rings (SSSR count). The van der Waals surface area contributed by atoms with E-state index in [2.05, 4.69) is 26.0 Å². The highest BCUT2D eigenvalue weighted by atomic mass is 79.9. The zero-order valence-corrected chi connectivity index (χ0v) is 15.9. The van der Waals surface area contributed by atoms with Crippen molar-refractivity contribution in [2.75, 3.05) is 0 Å². The van der Waals surface area contributed by atoms with Crippen molar-refractivity contribution in [2.45, 2.75) is 6.42 Å². The van der Waals surface area contributed by atoms with Gasteiger partial charge in [-0.25, -0.2) is 0 Å². The fourth-order valence-electron chi connectivity index (χ4n) is 2.60. The van der Waals surface area contributed by atoms with E-state index in [9.17, 15) is 4.79 Å². The van der Waals surface area contributed by atoms with E-state index in [-0.39, 0.29) is 11.4 Å². The van der Waals surface area contributed by atoms with Crippen molar-refractivity contribution in [3.05, 3.63) is 75.8 Å². The molecule has 0 saturated heterocycles. The lowest BCUT2D eigenvalue weighted by Gasteiger charge is -2.20. The van der Waals surface area contributed by atoms with Crippen LogP contribution < -0.4 is 0 Å². The summed E-state index contributed by atoms with van der Waals surface area (Å²) in [6, 6.07) is 17.5. The molecule has 0 bridgehead atoms. The maximum Gasteiger partial charge on any atom is 0.283 e. The molecular formula is C19H13BrN4OS. The SMILES string of the molecule is N=C1/C(=C/c2ccc(Br)cc2)C(=O)N=C2SC(Cc3ccccc3)=NN12. The molecule has 1 amide bonds. The van der Waals surface area contributed by atoms with Gasteiger partial charge in [0.2, 0.25) is 5.17 Å². The average Bonchev–Trinajstić information content (AvgIpc) is 3.03. The van der Waals surface area contributed by atoms with Crippen LogP contribution in [0.2, 0.25) is 0 Å². The highest BCUT2D eigenvalue weighted by molar-refractivity contribution is 9.10. The zero-order chi connectivity index (χ0) is 18.1. The summed E-state index contributed by atoms with van der Waals surface area (Å²) in [5.41, 5.74) is 2.20. The van der Waals surface area contributed by atoms with Crippen LogP contribution in [0.4, 0.5) is 0 Å². The van der Waals surface area contributed by atoms with Crippen molar-refractivity contribution < 1.29 is 4.79 Å². The van der Waals surface area contributed by atoms with Gasteiger partial charge in [-0.3, -0.25) is 10.2 Å². The third-order valence-corrected chi connectivity index (χ3v) is 5.31. The zero-order valence-electron chi connectivity index (χ0n) is 13.5. The number of carbonyl (C=O) groups is 1. The van der Waals surface area contributed by atoms with Crippen molar-refractivity contribution >= 4 is 55.7 Å². The molecule has 0 radical (unpaired) electrons. The Morgan fingerprint density at radius 3 is 2.58 bits per heavy atom. The van der Waals surface area contributed by atoms with E-state index in [0.29, 0.717) is 11.6 Å². The predicted octanol–water partition coefficient (Wildman–Crippen LogP) is 4.31. The minimum atomic E-state index is -0.409. The maximum absolute atomic E-state index is 12.4. The van der Waals surface area contributed by atoms with Crippen molar-refractivity contribution in [3.63, 3.8) is 0 Å². The first-order chi connectivity index (χ1) is 12.6. The number of nitrogens with zero attached hydrogens (tertiary/aromatic N) is 3. The number of amidine groups is 2. The molecule has 2 aromatic carbocycles. The van der Waals surface area contributed by atoms with Gasteiger partial charge in [-0.2, -0.15) is 15.1 Å². The average molecular weight is 425 g/mol. The Hall–Kier alpha value is -2.51. The van der Waals surface area contributed by atoms with Gasteiger partial charge in [0.15, 0.2) is 5.84 Å². The summed E-state index contributed by atoms with van der Waals surface area (Å²) in [6.07, 6.45) is 2.32. The molecule has 7 heteroatoms. The first kappa shape index (κ1) is 16.9. The van der Waals surface area contributed by atoms with Gasteiger partial charge in [0.05, 0.1) is 5.57 Å². The van der Waals surface area contributed by atoms with Gasteiger partial charge in [-0.15, -0.1) is 0 Å². The summed E-state index contributed by atoms with van der Waals surface area (Å²) in [5, 5.41) is 15.6. The molecule has 0 unspecified atom stereocenters. The highest BCUT2D eigenvalue weighted by Crippen LogP contribution is 2.29. The van der Waals surface area contributed by atoms with Gasteiger partial charge >= 0.3 is 0 Å². The van der Waals surface area contributed by atoms with Crippen LogP contribution >= 0.6 is 27.7 Å². The van der Waals surface area contributed by atoms with E-state index in [1.54, 1.807) is 6.08 Å². The number of fused-ring (bicyclic) bond motifs is 1. The number of hydrazone groups is 1. The Bertz CT molecular complexity index is 980. The van der Waals surface area contributed by atoms with Crippen molar-refractivity contribution in [1.82, 2.24) is 5.01 Å². The van der Waals surface area contributed by atoms with Crippen LogP contribution in [0.3, 0.4) is 0 Å². The quantitative estimate of drug-likeness (QED) is 0.746. The summed E-state index contributed by atoms with van der Waals surface area (Å²) in [6.45, 7) is 0. The van der Waals surface area contributed by atoms with Gasteiger partial charge in [-0.05, 0) is 41.1 Å². The van der Waals surface area contributed by atoms with E-state index >= 15 is 0 Å². The van der Waals surface area contributed by atoms with E-state index < -0.39 is 5.91 Å². The molecule has 5 nitrogen and oxygen atoms in total. The number of hydrogen-bond acceptors (Lipinski definition) is 4. The molecule has 0 atom stereocenters. The summed E-state index contributed by atoms with van der Waals surface area (Å²) in [4.78, 5) is 16.5. The Kier molecular flexibility index (Phi) is 4.57. The molecule has 2 aliphatic rings. The lowest BCUT2D eigenvalue weighted by atomic mass is 10.1. The molecular weight excluding hydrogens is 412 g/mol. The number of rotatable bonds is 3. The second kappa shape index (κ2) is 7.01.